The fraction of sp³-hybridized carbons (Fsp3) is 0.250. The minimum Gasteiger partial charge on any atom is -0.218 e. The van der Waals surface area contributed by atoms with Gasteiger partial charge in [0.2, 0.25) is 0 Å². The molecule has 1 atom stereocenters. The topological polar surface area (TPSA) is 0 Å². The molecule has 1 aliphatic rings. The Morgan fingerprint density at radius 1 is 1.08 bits per heavy atom. The first-order valence-electron chi connectivity index (χ1n) is 3.49. The highest BCUT2D eigenvalue weighted by atomic mass is 79.9. The Hall–Kier alpha value is -0.160. The van der Waals surface area contributed by atoms with Crippen LogP contribution in [0.25, 0.3) is 0 Å². The summed E-state index contributed by atoms with van der Waals surface area (Å²) >= 11 is 3.18. The zero-order valence-corrected chi connectivity index (χ0v) is 8.63. The lowest BCUT2D eigenvalue weighted by Crippen LogP contribution is -2.09. The number of thioether (sulfide) groups is 1. The van der Waals surface area contributed by atoms with E-state index in [0.717, 1.165) is 4.47 Å². The van der Waals surface area contributed by atoms with Crippen molar-refractivity contribution in [3.8, 4) is 0 Å². The summed E-state index contributed by atoms with van der Waals surface area (Å²) in [4.78, 5) is 0. The summed E-state index contributed by atoms with van der Waals surface area (Å²) in [5.74, 6) is 0. The van der Waals surface area contributed by atoms with E-state index in [9.17, 15) is 13.2 Å². The summed E-state index contributed by atoms with van der Waals surface area (Å²) < 4.78 is 39.2. The molecule has 1 aromatic carbocycles. The second kappa shape index (κ2) is 2.67. The molecular formula is C8H4BrF3S. The van der Waals surface area contributed by atoms with E-state index in [1.54, 1.807) is 12.1 Å². The number of hydrogen-bond acceptors (Lipinski definition) is 1. The number of rotatable bonds is 1. The molecule has 2 rings (SSSR count). The van der Waals surface area contributed by atoms with E-state index in [4.69, 9.17) is 0 Å². The van der Waals surface area contributed by atoms with Crippen molar-refractivity contribution in [2.24, 2.45) is 0 Å². The SMILES string of the molecule is FC1(F)SC1(F)c1ccc(Br)cc1. The lowest BCUT2D eigenvalue weighted by atomic mass is 10.1. The van der Waals surface area contributed by atoms with E-state index < -0.39 is 10.3 Å². The van der Waals surface area contributed by atoms with Gasteiger partial charge in [-0.15, -0.1) is 0 Å². The van der Waals surface area contributed by atoms with Crippen molar-refractivity contribution in [3.63, 3.8) is 0 Å². The molecule has 0 nitrogen and oxygen atoms in total. The third kappa shape index (κ3) is 1.38. The van der Waals surface area contributed by atoms with Crippen LogP contribution in [0.15, 0.2) is 28.7 Å². The average molecular weight is 269 g/mol. The minimum atomic E-state index is -3.26. The molecule has 0 saturated carbocycles. The van der Waals surface area contributed by atoms with E-state index in [2.05, 4.69) is 15.9 Å². The predicted octanol–water partition coefficient (Wildman–Crippen LogP) is 3.91. The van der Waals surface area contributed by atoms with Gasteiger partial charge in [-0.05, 0) is 23.9 Å². The first-order valence-corrected chi connectivity index (χ1v) is 5.10. The largest absolute Gasteiger partial charge is 0.344 e. The summed E-state index contributed by atoms with van der Waals surface area (Å²) in [6, 6.07) is 5.81. The molecule has 0 aliphatic carbocycles. The third-order valence-corrected chi connectivity index (χ3v) is 3.45. The van der Waals surface area contributed by atoms with Gasteiger partial charge in [0.15, 0.2) is 0 Å². The van der Waals surface area contributed by atoms with Gasteiger partial charge < -0.3 is 0 Å². The van der Waals surface area contributed by atoms with E-state index in [0.29, 0.717) is 0 Å². The van der Waals surface area contributed by atoms with Crippen molar-refractivity contribution in [3.05, 3.63) is 34.3 Å². The highest BCUT2D eigenvalue weighted by Gasteiger charge is 2.76. The second-order valence-corrected chi connectivity index (χ2v) is 4.92. The summed E-state index contributed by atoms with van der Waals surface area (Å²) in [7, 11) is 0. The van der Waals surface area contributed by atoms with Crippen LogP contribution in [0.1, 0.15) is 5.56 Å². The lowest BCUT2D eigenvalue weighted by Gasteiger charge is -2.03. The van der Waals surface area contributed by atoms with Gasteiger partial charge >= 0.3 is 5.25 Å². The van der Waals surface area contributed by atoms with Gasteiger partial charge in [0.25, 0.3) is 5.00 Å². The van der Waals surface area contributed by atoms with Crippen molar-refractivity contribution in [1.29, 1.82) is 0 Å². The van der Waals surface area contributed by atoms with Crippen LogP contribution in [0.4, 0.5) is 13.2 Å². The molecule has 0 radical (unpaired) electrons. The lowest BCUT2D eigenvalue weighted by molar-refractivity contribution is 0.0471. The standard InChI is InChI=1S/C8H4BrF3S/c9-6-3-1-5(2-4-6)7(10)8(11,12)13-7/h1-4H. The molecule has 1 heterocycles. The Kier molecular flexibility index (Phi) is 1.93. The fourth-order valence-electron chi connectivity index (χ4n) is 1.04. The third-order valence-electron chi connectivity index (χ3n) is 1.82. The first kappa shape index (κ1) is 9.40. The average Bonchev–Trinajstić information content (AvgIpc) is 2.53. The predicted molar refractivity (Wildman–Crippen MR) is 49.5 cm³/mol. The van der Waals surface area contributed by atoms with Crippen molar-refractivity contribution < 1.29 is 13.2 Å². The van der Waals surface area contributed by atoms with E-state index in [1.165, 1.54) is 12.1 Å². The normalized spacial score (nSPS) is 30.2. The molecule has 13 heavy (non-hydrogen) atoms. The van der Waals surface area contributed by atoms with Gasteiger partial charge in [-0.1, -0.05) is 28.1 Å². The van der Waals surface area contributed by atoms with Crippen LogP contribution < -0.4 is 0 Å². The van der Waals surface area contributed by atoms with E-state index in [-0.39, 0.29) is 17.3 Å². The number of benzene rings is 1. The number of hydrogen-bond donors (Lipinski definition) is 0. The zero-order chi connectivity index (χ0) is 9.69. The molecule has 1 fully saturated rings. The Balaban J connectivity index is 2.34. The molecule has 5 heteroatoms. The highest BCUT2D eigenvalue weighted by molar-refractivity contribution is 9.10. The number of alkyl halides is 3. The first-order chi connectivity index (χ1) is 5.96. The maximum Gasteiger partial charge on any atom is 0.344 e. The van der Waals surface area contributed by atoms with Crippen LogP contribution in [0.5, 0.6) is 0 Å². The highest BCUT2D eigenvalue weighted by Crippen LogP contribution is 2.73. The van der Waals surface area contributed by atoms with Gasteiger partial charge in [-0.3, -0.25) is 0 Å². The Labute approximate surface area is 85.6 Å². The van der Waals surface area contributed by atoms with Gasteiger partial charge in [-0.2, -0.15) is 8.78 Å². The van der Waals surface area contributed by atoms with Crippen molar-refractivity contribution >= 4 is 27.7 Å². The Morgan fingerprint density at radius 2 is 1.54 bits per heavy atom. The summed E-state index contributed by atoms with van der Waals surface area (Å²) in [6.45, 7) is 0. The summed E-state index contributed by atoms with van der Waals surface area (Å²) in [5, 5.41) is -5.77. The molecule has 1 aliphatic heterocycles. The van der Waals surface area contributed by atoms with Gasteiger partial charge in [0.1, 0.15) is 0 Å². The molecule has 1 aromatic rings. The Bertz CT molecular complexity index is 338. The molecule has 70 valence electrons. The molecule has 0 amide bonds. The Morgan fingerprint density at radius 3 is 1.92 bits per heavy atom. The van der Waals surface area contributed by atoms with Crippen LogP contribution in [0, 0.1) is 0 Å². The second-order valence-electron chi connectivity index (χ2n) is 2.72. The quantitative estimate of drug-likeness (QED) is 0.696. The van der Waals surface area contributed by atoms with E-state index in [1.807, 2.05) is 0 Å². The minimum absolute atomic E-state index is 0.0192. The van der Waals surface area contributed by atoms with E-state index >= 15 is 0 Å². The zero-order valence-electron chi connectivity index (χ0n) is 6.23. The summed E-state index contributed by atoms with van der Waals surface area (Å²) in [6.07, 6.45) is 0. The molecule has 0 bridgehead atoms. The van der Waals surface area contributed by atoms with Gasteiger partial charge in [-0.25, -0.2) is 4.39 Å². The molecular weight excluding hydrogens is 265 g/mol. The van der Waals surface area contributed by atoms with Crippen molar-refractivity contribution in [1.82, 2.24) is 0 Å². The monoisotopic (exact) mass is 268 g/mol. The number of halogens is 4. The maximum atomic E-state index is 13.3. The molecule has 1 unspecified atom stereocenters. The van der Waals surface area contributed by atoms with Gasteiger partial charge in [0.05, 0.1) is 0 Å². The maximum absolute atomic E-state index is 13.3. The van der Waals surface area contributed by atoms with Crippen LogP contribution >= 0.6 is 27.7 Å². The van der Waals surface area contributed by atoms with Crippen LogP contribution in [0.3, 0.4) is 0 Å². The molecule has 0 spiro atoms. The molecule has 1 saturated heterocycles. The van der Waals surface area contributed by atoms with Crippen molar-refractivity contribution in [2.75, 3.05) is 0 Å². The molecule has 0 aromatic heterocycles. The molecule has 0 N–H and O–H groups in total. The summed E-state index contributed by atoms with van der Waals surface area (Å²) in [5.41, 5.74) is 0.0192. The fourth-order valence-corrected chi connectivity index (χ4v) is 1.98. The van der Waals surface area contributed by atoms with Crippen LogP contribution in [-0.2, 0) is 5.00 Å². The van der Waals surface area contributed by atoms with Crippen molar-refractivity contribution in [2.45, 2.75) is 10.3 Å². The van der Waals surface area contributed by atoms with Crippen LogP contribution in [0.2, 0.25) is 0 Å². The van der Waals surface area contributed by atoms with Crippen LogP contribution in [-0.4, -0.2) is 5.25 Å². The van der Waals surface area contributed by atoms with Gasteiger partial charge in [0, 0.05) is 10.0 Å². The smallest absolute Gasteiger partial charge is 0.218 e.